The second-order valence-electron chi connectivity index (χ2n) is 6.27. The van der Waals surface area contributed by atoms with Gasteiger partial charge in [0.05, 0.1) is 12.5 Å². The van der Waals surface area contributed by atoms with E-state index >= 15 is 0 Å². The molecule has 1 atom stereocenters. The zero-order valence-electron chi connectivity index (χ0n) is 14.8. The van der Waals surface area contributed by atoms with E-state index in [9.17, 15) is 4.79 Å². The zero-order chi connectivity index (χ0) is 18.4. The van der Waals surface area contributed by atoms with Crippen molar-refractivity contribution >= 4 is 22.7 Å². The van der Waals surface area contributed by atoms with Crippen molar-refractivity contribution in [1.29, 1.82) is 0 Å². The van der Waals surface area contributed by atoms with Crippen LogP contribution in [0, 0.1) is 5.92 Å². The standard InChI is InChI=1S/C20H23N3O3/c1-15(20(24)25)14-23-11-8-16-13-17(6-7-18(16)23)26-12-4-10-22-19-5-2-3-9-21-19/h2-3,5-9,11,13,15H,4,10,12,14H2,1H3,(H,21,22)(H,24,25). The van der Waals surface area contributed by atoms with E-state index in [-0.39, 0.29) is 0 Å². The van der Waals surface area contributed by atoms with Gasteiger partial charge in [-0.3, -0.25) is 4.79 Å². The number of nitrogens with one attached hydrogen (secondary N) is 1. The van der Waals surface area contributed by atoms with Crippen molar-refractivity contribution in [2.24, 2.45) is 5.92 Å². The van der Waals surface area contributed by atoms with E-state index in [1.807, 2.05) is 53.2 Å². The summed E-state index contributed by atoms with van der Waals surface area (Å²) in [5.74, 6) is 0.476. The number of fused-ring (bicyclic) bond motifs is 1. The molecule has 0 amide bonds. The van der Waals surface area contributed by atoms with Gasteiger partial charge in [0.25, 0.3) is 0 Å². The molecule has 0 radical (unpaired) electrons. The third-order valence-electron chi connectivity index (χ3n) is 4.20. The number of aromatic nitrogens is 2. The second kappa shape index (κ2) is 8.38. The Kier molecular flexibility index (Phi) is 5.73. The maximum atomic E-state index is 11.0. The number of pyridine rings is 1. The van der Waals surface area contributed by atoms with Gasteiger partial charge in [0.1, 0.15) is 11.6 Å². The fourth-order valence-electron chi connectivity index (χ4n) is 2.75. The Labute approximate surface area is 152 Å². The second-order valence-corrected chi connectivity index (χ2v) is 6.27. The van der Waals surface area contributed by atoms with E-state index in [1.54, 1.807) is 13.1 Å². The highest BCUT2D eigenvalue weighted by Crippen LogP contribution is 2.23. The van der Waals surface area contributed by atoms with Gasteiger partial charge in [-0.1, -0.05) is 13.0 Å². The topological polar surface area (TPSA) is 76.4 Å². The Hall–Kier alpha value is -3.02. The van der Waals surface area contributed by atoms with Gasteiger partial charge in [-0.25, -0.2) is 4.98 Å². The first-order valence-corrected chi connectivity index (χ1v) is 8.73. The molecular formula is C20H23N3O3. The van der Waals surface area contributed by atoms with Crippen LogP contribution in [-0.2, 0) is 11.3 Å². The van der Waals surface area contributed by atoms with Crippen LogP contribution in [0.1, 0.15) is 13.3 Å². The average Bonchev–Trinajstić information content (AvgIpc) is 3.04. The molecule has 3 rings (SSSR count). The van der Waals surface area contributed by atoms with Gasteiger partial charge < -0.3 is 19.7 Å². The van der Waals surface area contributed by atoms with Crippen LogP contribution in [0.3, 0.4) is 0 Å². The van der Waals surface area contributed by atoms with Gasteiger partial charge in [0, 0.05) is 36.4 Å². The van der Waals surface area contributed by atoms with Gasteiger partial charge in [0.15, 0.2) is 0 Å². The van der Waals surface area contributed by atoms with Crippen LogP contribution in [0.25, 0.3) is 10.9 Å². The molecule has 6 nitrogen and oxygen atoms in total. The predicted octanol–water partition coefficient (Wildman–Crippen LogP) is 3.64. The minimum absolute atomic E-state index is 0.423. The van der Waals surface area contributed by atoms with Crippen LogP contribution < -0.4 is 10.1 Å². The van der Waals surface area contributed by atoms with E-state index < -0.39 is 11.9 Å². The summed E-state index contributed by atoms with van der Waals surface area (Å²) in [5, 5.41) is 13.4. The number of aliphatic carboxylic acids is 1. The highest BCUT2D eigenvalue weighted by Gasteiger charge is 2.13. The number of hydrogen-bond donors (Lipinski definition) is 2. The minimum Gasteiger partial charge on any atom is -0.494 e. The first-order valence-electron chi connectivity index (χ1n) is 8.73. The molecule has 0 aliphatic carbocycles. The fourth-order valence-corrected chi connectivity index (χ4v) is 2.75. The lowest BCUT2D eigenvalue weighted by atomic mass is 10.2. The smallest absolute Gasteiger partial charge is 0.308 e. The number of rotatable bonds is 9. The van der Waals surface area contributed by atoms with Crippen LogP contribution in [0.15, 0.2) is 54.9 Å². The van der Waals surface area contributed by atoms with Crippen molar-refractivity contribution in [1.82, 2.24) is 9.55 Å². The number of benzene rings is 1. The Bertz CT molecular complexity index is 861. The number of nitrogens with zero attached hydrogens (tertiary/aromatic N) is 2. The molecule has 0 fully saturated rings. The SMILES string of the molecule is CC(Cn1ccc2cc(OCCCNc3ccccn3)ccc21)C(=O)O. The first kappa shape index (κ1) is 17.8. The lowest BCUT2D eigenvalue weighted by Gasteiger charge is -2.10. The Balaban J connectivity index is 1.50. The molecule has 26 heavy (non-hydrogen) atoms. The van der Waals surface area contributed by atoms with Crippen molar-refractivity contribution in [3.05, 3.63) is 54.9 Å². The molecule has 2 N–H and O–H groups in total. The molecule has 136 valence electrons. The quantitative estimate of drug-likeness (QED) is 0.575. The number of carboxylic acid groups (broad SMARTS) is 1. The summed E-state index contributed by atoms with van der Waals surface area (Å²) in [6.07, 6.45) is 4.55. The first-order chi connectivity index (χ1) is 12.6. The molecule has 0 aliphatic rings. The lowest BCUT2D eigenvalue weighted by Crippen LogP contribution is -2.16. The van der Waals surface area contributed by atoms with E-state index in [0.29, 0.717) is 13.2 Å². The van der Waals surface area contributed by atoms with Gasteiger partial charge in [-0.15, -0.1) is 0 Å². The number of hydrogen-bond acceptors (Lipinski definition) is 4. The number of carbonyl (C=O) groups is 1. The molecule has 0 bridgehead atoms. The summed E-state index contributed by atoms with van der Waals surface area (Å²) in [4.78, 5) is 15.2. The maximum absolute atomic E-state index is 11.0. The van der Waals surface area contributed by atoms with Gasteiger partial charge in [0.2, 0.25) is 0 Å². The molecule has 0 spiro atoms. The molecule has 0 saturated heterocycles. The van der Waals surface area contributed by atoms with Crippen LogP contribution in [0.4, 0.5) is 5.82 Å². The normalized spacial score (nSPS) is 12.0. The Morgan fingerprint density at radius 1 is 1.31 bits per heavy atom. The van der Waals surface area contributed by atoms with Crippen molar-refractivity contribution in [2.45, 2.75) is 19.9 Å². The number of carboxylic acids is 1. The van der Waals surface area contributed by atoms with Crippen molar-refractivity contribution in [2.75, 3.05) is 18.5 Å². The molecule has 1 unspecified atom stereocenters. The summed E-state index contributed by atoms with van der Waals surface area (Å²) in [5.41, 5.74) is 1.02. The van der Waals surface area contributed by atoms with Crippen LogP contribution in [-0.4, -0.2) is 33.8 Å². The summed E-state index contributed by atoms with van der Waals surface area (Å²) < 4.78 is 7.78. The summed E-state index contributed by atoms with van der Waals surface area (Å²) in [7, 11) is 0. The Morgan fingerprint density at radius 2 is 2.19 bits per heavy atom. The molecule has 1 aromatic carbocycles. The maximum Gasteiger partial charge on any atom is 0.308 e. The van der Waals surface area contributed by atoms with E-state index in [1.165, 1.54) is 0 Å². The average molecular weight is 353 g/mol. The molecule has 0 saturated carbocycles. The summed E-state index contributed by atoms with van der Waals surface area (Å²) in [6, 6.07) is 13.7. The van der Waals surface area contributed by atoms with E-state index in [4.69, 9.17) is 9.84 Å². The van der Waals surface area contributed by atoms with Crippen LogP contribution in [0.2, 0.25) is 0 Å². The van der Waals surface area contributed by atoms with Crippen LogP contribution in [0.5, 0.6) is 5.75 Å². The zero-order valence-corrected chi connectivity index (χ0v) is 14.8. The van der Waals surface area contributed by atoms with Gasteiger partial charge in [-0.05, 0) is 42.8 Å². The molecule has 3 aromatic rings. The monoisotopic (exact) mass is 353 g/mol. The molecule has 2 aromatic heterocycles. The summed E-state index contributed by atoms with van der Waals surface area (Å²) >= 11 is 0. The molecule has 2 heterocycles. The largest absolute Gasteiger partial charge is 0.494 e. The summed E-state index contributed by atoms with van der Waals surface area (Å²) in [6.45, 7) is 3.58. The van der Waals surface area contributed by atoms with Crippen molar-refractivity contribution in [3.8, 4) is 5.75 Å². The third-order valence-corrected chi connectivity index (χ3v) is 4.20. The minimum atomic E-state index is -0.786. The number of anilines is 1. The molecule has 6 heteroatoms. The third kappa shape index (κ3) is 4.53. The van der Waals surface area contributed by atoms with E-state index in [0.717, 1.165) is 35.4 Å². The predicted molar refractivity (Wildman–Crippen MR) is 102 cm³/mol. The Morgan fingerprint density at radius 3 is 2.96 bits per heavy atom. The lowest BCUT2D eigenvalue weighted by molar-refractivity contribution is -0.141. The van der Waals surface area contributed by atoms with Crippen molar-refractivity contribution in [3.63, 3.8) is 0 Å². The number of ether oxygens (including phenoxy) is 1. The van der Waals surface area contributed by atoms with Gasteiger partial charge in [-0.2, -0.15) is 0 Å². The van der Waals surface area contributed by atoms with E-state index in [2.05, 4.69) is 10.3 Å². The van der Waals surface area contributed by atoms with Crippen LogP contribution >= 0.6 is 0 Å². The highest BCUT2D eigenvalue weighted by molar-refractivity contribution is 5.82. The fraction of sp³-hybridized carbons (Fsp3) is 0.300. The van der Waals surface area contributed by atoms with Gasteiger partial charge >= 0.3 is 5.97 Å². The molecular weight excluding hydrogens is 330 g/mol. The highest BCUT2D eigenvalue weighted by atomic mass is 16.5. The molecule has 0 aliphatic heterocycles. The van der Waals surface area contributed by atoms with Crippen molar-refractivity contribution < 1.29 is 14.6 Å².